The molecule has 0 bridgehead atoms. The molecule has 282 valence electrons. The summed E-state index contributed by atoms with van der Waals surface area (Å²) in [5.41, 5.74) is 11.8. The topological polar surface area (TPSA) is 46.8 Å². The summed E-state index contributed by atoms with van der Waals surface area (Å²) in [6, 6.07) is 78.8. The molecule has 9 aromatic carbocycles. The Morgan fingerprint density at radius 1 is 0.300 bits per heavy atom. The molecule has 0 aliphatic carbocycles. The fourth-order valence-corrected chi connectivity index (χ4v) is 8.30. The average molecular weight is 768 g/mol. The Hall–Kier alpha value is -8.15. The molecular weight excluding hydrogens is 731 g/mol. The summed E-state index contributed by atoms with van der Waals surface area (Å²) in [4.78, 5) is 17.5. The van der Waals surface area contributed by atoms with Gasteiger partial charge in [0.2, 0.25) is 0 Å². The van der Waals surface area contributed by atoms with Crippen molar-refractivity contribution >= 4 is 49.6 Å². The van der Waals surface area contributed by atoms with E-state index in [9.17, 15) is 0 Å². The SMILES string of the molecule is c1ccc(-c2nc(-c3cccc(-n4c5ccccc5c5cc(-c6ccc(N(c7ccccc7)c7ccccc7)cc6)ccc54)c3)nc(-c3ccc4ccccc4c3)n2)cc1. The zero-order chi connectivity index (χ0) is 39.8. The third kappa shape index (κ3) is 6.45. The maximum atomic E-state index is 5.12. The largest absolute Gasteiger partial charge is 0.311 e. The standard InChI is InChI=1S/C55H37N5/c1-4-16-40(17-5-1)53-56-54(58-55(57-53)44-28-27-38-15-10-11-18-41(38)35-44)43-19-14-24-48(36-43)60-51-26-13-12-25-49(51)50-37-42(31-34-52(50)60)39-29-32-47(33-30-39)59(45-20-6-2-7-21-45)46-22-8-3-9-23-46/h1-37H. The van der Waals surface area contributed by atoms with Crippen molar-refractivity contribution in [3.8, 4) is 51.0 Å². The minimum Gasteiger partial charge on any atom is -0.311 e. The monoisotopic (exact) mass is 767 g/mol. The summed E-state index contributed by atoms with van der Waals surface area (Å²) in [5, 5.41) is 4.71. The van der Waals surface area contributed by atoms with Crippen LogP contribution in [0.15, 0.2) is 224 Å². The second-order valence-electron chi connectivity index (χ2n) is 14.9. The molecule has 0 aliphatic rings. The van der Waals surface area contributed by atoms with Gasteiger partial charge in [0.05, 0.1) is 11.0 Å². The van der Waals surface area contributed by atoms with E-state index in [1.54, 1.807) is 0 Å². The average Bonchev–Trinajstić information content (AvgIpc) is 3.66. The number of fused-ring (bicyclic) bond motifs is 4. The van der Waals surface area contributed by atoms with E-state index in [4.69, 9.17) is 15.0 Å². The first-order valence-corrected chi connectivity index (χ1v) is 20.2. The van der Waals surface area contributed by atoms with Gasteiger partial charge in [-0.15, -0.1) is 0 Å². The maximum Gasteiger partial charge on any atom is 0.164 e. The number of nitrogens with zero attached hydrogens (tertiary/aromatic N) is 5. The van der Waals surface area contributed by atoms with Crippen LogP contribution < -0.4 is 4.90 Å². The Kier molecular flexibility index (Phi) is 8.75. The van der Waals surface area contributed by atoms with E-state index < -0.39 is 0 Å². The van der Waals surface area contributed by atoms with Gasteiger partial charge in [-0.25, -0.2) is 15.0 Å². The quantitative estimate of drug-likeness (QED) is 0.154. The van der Waals surface area contributed by atoms with Gasteiger partial charge >= 0.3 is 0 Å². The highest BCUT2D eigenvalue weighted by molar-refractivity contribution is 6.10. The first-order chi connectivity index (χ1) is 29.7. The molecule has 0 saturated carbocycles. The molecule has 0 N–H and O–H groups in total. The Balaban J connectivity index is 0.992. The highest BCUT2D eigenvalue weighted by Gasteiger charge is 2.17. The van der Waals surface area contributed by atoms with Crippen molar-refractivity contribution in [2.75, 3.05) is 4.90 Å². The molecule has 11 rings (SSSR count). The van der Waals surface area contributed by atoms with Crippen LogP contribution in [0.5, 0.6) is 0 Å². The number of hydrogen-bond acceptors (Lipinski definition) is 4. The minimum absolute atomic E-state index is 0.624. The fraction of sp³-hybridized carbons (Fsp3) is 0. The molecular formula is C55H37N5. The lowest BCUT2D eigenvalue weighted by atomic mass is 10.0. The van der Waals surface area contributed by atoms with Gasteiger partial charge in [-0.1, -0.05) is 152 Å². The third-order valence-electron chi connectivity index (χ3n) is 11.2. The lowest BCUT2D eigenvalue weighted by Crippen LogP contribution is -2.09. The van der Waals surface area contributed by atoms with Gasteiger partial charge in [-0.2, -0.15) is 0 Å². The van der Waals surface area contributed by atoms with Crippen molar-refractivity contribution in [2.24, 2.45) is 0 Å². The van der Waals surface area contributed by atoms with E-state index in [-0.39, 0.29) is 0 Å². The number of anilines is 3. The van der Waals surface area contributed by atoms with Gasteiger partial charge in [-0.3, -0.25) is 0 Å². The highest BCUT2D eigenvalue weighted by atomic mass is 15.1. The van der Waals surface area contributed by atoms with E-state index in [2.05, 4.69) is 204 Å². The van der Waals surface area contributed by atoms with Crippen LogP contribution in [0.25, 0.3) is 83.6 Å². The summed E-state index contributed by atoms with van der Waals surface area (Å²) in [6.07, 6.45) is 0. The first kappa shape index (κ1) is 35.0. The molecule has 60 heavy (non-hydrogen) atoms. The predicted octanol–water partition coefficient (Wildman–Crippen LogP) is 14.3. The zero-order valence-electron chi connectivity index (χ0n) is 32.6. The number of benzene rings is 9. The number of rotatable bonds is 8. The van der Waals surface area contributed by atoms with E-state index in [1.807, 2.05) is 30.3 Å². The van der Waals surface area contributed by atoms with Crippen molar-refractivity contribution in [3.63, 3.8) is 0 Å². The molecule has 5 nitrogen and oxygen atoms in total. The van der Waals surface area contributed by atoms with Gasteiger partial charge in [-0.05, 0) is 94.7 Å². The van der Waals surface area contributed by atoms with Gasteiger partial charge in [0.15, 0.2) is 17.5 Å². The Bertz CT molecular complexity index is 3260. The van der Waals surface area contributed by atoms with Gasteiger partial charge in [0, 0.05) is 50.2 Å². The maximum absolute atomic E-state index is 5.12. The fourth-order valence-electron chi connectivity index (χ4n) is 8.30. The molecule has 0 atom stereocenters. The Morgan fingerprint density at radius 2 is 0.817 bits per heavy atom. The Labute approximate surface area is 348 Å². The minimum atomic E-state index is 0.624. The van der Waals surface area contributed by atoms with Crippen LogP contribution in [0.1, 0.15) is 0 Å². The summed E-state index contributed by atoms with van der Waals surface area (Å²) >= 11 is 0. The van der Waals surface area contributed by atoms with E-state index in [1.165, 1.54) is 16.2 Å². The second-order valence-corrected chi connectivity index (χ2v) is 14.9. The van der Waals surface area contributed by atoms with Crippen LogP contribution in [0, 0.1) is 0 Å². The summed E-state index contributed by atoms with van der Waals surface area (Å²) in [6.45, 7) is 0. The highest BCUT2D eigenvalue weighted by Crippen LogP contribution is 2.38. The van der Waals surface area contributed by atoms with Crippen molar-refractivity contribution in [2.45, 2.75) is 0 Å². The van der Waals surface area contributed by atoms with Gasteiger partial charge in [0.25, 0.3) is 0 Å². The van der Waals surface area contributed by atoms with E-state index in [0.29, 0.717) is 17.5 Å². The van der Waals surface area contributed by atoms with Crippen LogP contribution in [-0.2, 0) is 0 Å². The van der Waals surface area contributed by atoms with E-state index in [0.717, 1.165) is 67.0 Å². The smallest absolute Gasteiger partial charge is 0.164 e. The summed E-state index contributed by atoms with van der Waals surface area (Å²) in [7, 11) is 0. The molecule has 0 unspecified atom stereocenters. The third-order valence-corrected chi connectivity index (χ3v) is 11.2. The summed E-state index contributed by atoms with van der Waals surface area (Å²) < 4.78 is 2.35. The lowest BCUT2D eigenvalue weighted by molar-refractivity contribution is 1.07. The first-order valence-electron chi connectivity index (χ1n) is 20.2. The zero-order valence-corrected chi connectivity index (χ0v) is 32.6. The molecule has 0 saturated heterocycles. The normalized spacial score (nSPS) is 11.3. The molecule has 0 amide bonds. The molecule has 11 aromatic rings. The van der Waals surface area contributed by atoms with E-state index >= 15 is 0 Å². The second kappa shape index (κ2) is 15.0. The van der Waals surface area contributed by atoms with Crippen molar-refractivity contribution < 1.29 is 0 Å². The van der Waals surface area contributed by atoms with Crippen LogP contribution in [0.2, 0.25) is 0 Å². The van der Waals surface area contributed by atoms with Crippen LogP contribution >= 0.6 is 0 Å². The lowest BCUT2D eigenvalue weighted by Gasteiger charge is -2.25. The van der Waals surface area contributed by atoms with Crippen molar-refractivity contribution in [1.82, 2.24) is 19.5 Å². The molecule has 2 aromatic heterocycles. The number of hydrogen-bond donors (Lipinski definition) is 0. The molecule has 5 heteroatoms. The Morgan fingerprint density at radius 3 is 1.53 bits per heavy atom. The van der Waals surface area contributed by atoms with Gasteiger partial charge < -0.3 is 9.47 Å². The van der Waals surface area contributed by atoms with Crippen LogP contribution in [-0.4, -0.2) is 19.5 Å². The molecule has 0 radical (unpaired) electrons. The predicted molar refractivity (Wildman–Crippen MR) is 248 cm³/mol. The van der Waals surface area contributed by atoms with Gasteiger partial charge in [0.1, 0.15) is 0 Å². The molecule has 0 aliphatic heterocycles. The molecule has 2 heterocycles. The van der Waals surface area contributed by atoms with Crippen molar-refractivity contribution in [3.05, 3.63) is 224 Å². The van der Waals surface area contributed by atoms with Crippen LogP contribution in [0.3, 0.4) is 0 Å². The summed E-state index contributed by atoms with van der Waals surface area (Å²) in [5.74, 6) is 1.90. The van der Waals surface area contributed by atoms with Crippen LogP contribution in [0.4, 0.5) is 17.1 Å². The van der Waals surface area contributed by atoms with Crippen molar-refractivity contribution in [1.29, 1.82) is 0 Å². The number of aromatic nitrogens is 4. The molecule has 0 spiro atoms. The molecule has 0 fully saturated rings. The number of para-hydroxylation sites is 3.